The summed E-state index contributed by atoms with van der Waals surface area (Å²) in [5.41, 5.74) is 3.23. The topological polar surface area (TPSA) is 35.6 Å². The third kappa shape index (κ3) is 1.92. The van der Waals surface area contributed by atoms with Crippen LogP contribution in [0.2, 0.25) is 0 Å². The van der Waals surface area contributed by atoms with Gasteiger partial charge < -0.3 is 4.57 Å². The molecule has 1 saturated carbocycles. The van der Waals surface area contributed by atoms with Crippen LogP contribution in [0.1, 0.15) is 37.7 Å². The lowest BCUT2D eigenvalue weighted by Gasteiger charge is -2.07. The van der Waals surface area contributed by atoms with Gasteiger partial charge in [0.1, 0.15) is 11.3 Å². The highest BCUT2D eigenvalue weighted by atomic mass is 35.5. The molecular formula is C13H19ClN4. The van der Waals surface area contributed by atoms with Gasteiger partial charge in [-0.1, -0.05) is 19.8 Å². The number of rotatable bonds is 5. The molecule has 1 aliphatic rings. The number of aromatic nitrogens is 4. The molecule has 2 heterocycles. The number of alkyl halides is 1. The van der Waals surface area contributed by atoms with Crippen molar-refractivity contribution in [3.63, 3.8) is 0 Å². The number of hydrogen-bond donors (Lipinski definition) is 0. The van der Waals surface area contributed by atoms with Crippen molar-refractivity contribution >= 4 is 22.8 Å². The number of fused-ring (bicyclic) bond motifs is 1. The molecule has 0 unspecified atom stereocenters. The van der Waals surface area contributed by atoms with E-state index in [4.69, 9.17) is 11.6 Å². The Labute approximate surface area is 112 Å². The number of hydrogen-bond acceptors (Lipinski definition) is 2. The minimum atomic E-state index is 0.475. The molecule has 0 atom stereocenters. The van der Waals surface area contributed by atoms with E-state index in [1.165, 1.54) is 19.3 Å². The highest BCUT2D eigenvalue weighted by Gasteiger charge is 2.23. The summed E-state index contributed by atoms with van der Waals surface area (Å²) < 4.78 is 4.21. The van der Waals surface area contributed by atoms with Crippen molar-refractivity contribution in [2.75, 3.05) is 0 Å². The van der Waals surface area contributed by atoms with Gasteiger partial charge in [0.15, 0.2) is 5.65 Å². The van der Waals surface area contributed by atoms with E-state index in [2.05, 4.69) is 21.6 Å². The number of nitrogens with zero attached hydrogens (tertiary/aromatic N) is 4. The normalized spacial score (nSPS) is 15.7. The molecule has 0 saturated heterocycles. The molecule has 0 radical (unpaired) electrons. The third-order valence-electron chi connectivity index (χ3n) is 3.78. The van der Waals surface area contributed by atoms with Gasteiger partial charge in [-0.2, -0.15) is 5.10 Å². The van der Waals surface area contributed by atoms with Gasteiger partial charge in [-0.05, 0) is 18.8 Å². The van der Waals surface area contributed by atoms with E-state index in [0.29, 0.717) is 5.88 Å². The maximum Gasteiger partial charge on any atom is 0.158 e. The van der Waals surface area contributed by atoms with Gasteiger partial charge in [-0.25, -0.2) is 4.98 Å². The Bertz CT molecular complexity index is 565. The van der Waals surface area contributed by atoms with Gasteiger partial charge in [-0.15, -0.1) is 11.6 Å². The van der Waals surface area contributed by atoms with Gasteiger partial charge in [0.05, 0.1) is 11.6 Å². The van der Waals surface area contributed by atoms with Crippen LogP contribution >= 0.6 is 11.6 Å². The standard InChI is InChI=1S/C13H19ClN4/c1-3-10-12-13(17(2)16-10)18(11(8-14)15-12)7-6-9-4-5-9/h9H,3-8H2,1-2H3. The van der Waals surface area contributed by atoms with Crippen LogP contribution in [0.3, 0.4) is 0 Å². The van der Waals surface area contributed by atoms with Crippen molar-refractivity contribution in [3.05, 3.63) is 11.5 Å². The lowest BCUT2D eigenvalue weighted by Crippen LogP contribution is -2.07. The first-order chi connectivity index (χ1) is 8.74. The summed E-state index contributed by atoms with van der Waals surface area (Å²) in [5.74, 6) is 2.38. The van der Waals surface area contributed by atoms with Gasteiger partial charge in [0.25, 0.3) is 0 Å². The monoisotopic (exact) mass is 266 g/mol. The predicted molar refractivity (Wildman–Crippen MR) is 72.8 cm³/mol. The summed E-state index contributed by atoms with van der Waals surface area (Å²) in [7, 11) is 1.99. The van der Waals surface area contributed by atoms with E-state index in [-0.39, 0.29) is 0 Å². The molecular weight excluding hydrogens is 248 g/mol. The van der Waals surface area contributed by atoms with Gasteiger partial charge >= 0.3 is 0 Å². The fourth-order valence-corrected chi connectivity index (χ4v) is 2.78. The third-order valence-corrected chi connectivity index (χ3v) is 4.02. The summed E-state index contributed by atoms with van der Waals surface area (Å²) in [5, 5.41) is 4.54. The van der Waals surface area contributed by atoms with Crippen molar-refractivity contribution in [1.82, 2.24) is 19.3 Å². The van der Waals surface area contributed by atoms with Crippen molar-refractivity contribution in [3.8, 4) is 0 Å². The lowest BCUT2D eigenvalue weighted by molar-refractivity contribution is 0.579. The first kappa shape index (κ1) is 12.0. The molecule has 18 heavy (non-hydrogen) atoms. The zero-order chi connectivity index (χ0) is 12.7. The summed E-state index contributed by atoms with van der Waals surface area (Å²) in [6.45, 7) is 3.14. The Hall–Kier alpha value is -1.03. The molecule has 2 aromatic rings. The first-order valence-corrected chi connectivity index (χ1v) is 7.25. The van der Waals surface area contributed by atoms with Crippen LogP contribution in [0.4, 0.5) is 0 Å². The summed E-state index contributed by atoms with van der Waals surface area (Å²) >= 11 is 6.03. The molecule has 0 aliphatic heterocycles. The second-order valence-electron chi connectivity index (χ2n) is 5.14. The molecule has 0 spiro atoms. The molecule has 98 valence electrons. The fourth-order valence-electron chi connectivity index (χ4n) is 2.58. The molecule has 1 fully saturated rings. The second kappa shape index (κ2) is 4.57. The van der Waals surface area contributed by atoms with Crippen LogP contribution < -0.4 is 0 Å². The number of halogens is 1. The minimum Gasteiger partial charge on any atom is -0.312 e. The molecule has 1 aliphatic carbocycles. The molecule has 2 aromatic heterocycles. The molecule has 4 nitrogen and oxygen atoms in total. The zero-order valence-corrected chi connectivity index (χ0v) is 11.7. The first-order valence-electron chi connectivity index (χ1n) is 6.71. The van der Waals surface area contributed by atoms with Crippen molar-refractivity contribution < 1.29 is 0 Å². The van der Waals surface area contributed by atoms with E-state index < -0.39 is 0 Å². The quantitative estimate of drug-likeness (QED) is 0.780. The number of imidazole rings is 1. The molecule has 0 bridgehead atoms. The van der Waals surface area contributed by atoms with E-state index in [0.717, 1.165) is 41.6 Å². The molecule has 5 heteroatoms. The van der Waals surface area contributed by atoms with E-state index in [9.17, 15) is 0 Å². The summed E-state index contributed by atoms with van der Waals surface area (Å²) in [6.07, 6.45) is 4.93. The highest BCUT2D eigenvalue weighted by molar-refractivity contribution is 6.16. The smallest absolute Gasteiger partial charge is 0.158 e. The summed E-state index contributed by atoms with van der Waals surface area (Å²) in [6, 6.07) is 0. The predicted octanol–water partition coefficient (Wildman–Crippen LogP) is 2.87. The Morgan fingerprint density at radius 2 is 2.17 bits per heavy atom. The van der Waals surface area contributed by atoms with Crippen LogP contribution in [-0.2, 0) is 25.9 Å². The van der Waals surface area contributed by atoms with E-state index >= 15 is 0 Å². The Balaban J connectivity index is 2.04. The molecule has 0 aromatic carbocycles. The van der Waals surface area contributed by atoms with Gasteiger partial charge in [-0.3, -0.25) is 4.68 Å². The second-order valence-corrected chi connectivity index (χ2v) is 5.41. The van der Waals surface area contributed by atoms with Crippen LogP contribution in [0.15, 0.2) is 0 Å². The van der Waals surface area contributed by atoms with E-state index in [1.54, 1.807) is 0 Å². The van der Waals surface area contributed by atoms with Crippen molar-refractivity contribution in [2.45, 2.75) is 45.0 Å². The Kier molecular flexibility index (Phi) is 3.06. The maximum atomic E-state index is 6.03. The zero-order valence-electron chi connectivity index (χ0n) is 11.0. The summed E-state index contributed by atoms with van der Waals surface area (Å²) in [4.78, 5) is 4.67. The van der Waals surface area contributed by atoms with Crippen LogP contribution in [0, 0.1) is 5.92 Å². The number of aryl methyl sites for hydroxylation is 3. The largest absolute Gasteiger partial charge is 0.312 e. The van der Waals surface area contributed by atoms with Crippen LogP contribution in [0.25, 0.3) is 11.2 Å². The minimum absolute atomic E-state index is 0.475. The highest BCUT2D eigenvalue weighted by Crippen LogP contribution is 2.33. The maximum absolute atomic E-state index is 6.03. The molecule has 0 amide bonds. The Morgan fingerprint density at radius 1 is 1.39 bits per heavy atom. The average Bonchev–Trinajstić information content (AvgIpc) is 3.05. The molecule has 0 N–H and O–H groups in total. The van der Waals surface area contributed by atoms with Crippen molar-refractivity contribution in [1.29, 1.82) is 0 Å². The van der Waals surface area contributed by atoms with Crippen molar-refractivity contribution in [2.24, 2.45) is 13.0 Å². The lowest BCUT2D eigenvalue weighted by atomic mass is 10.3. The average molecular weight is 267 g/mol. The molecule has 3 rings (SSSR count). The van der Waals surface area contributed by atoms with Crippen LogP contribution in [-0.4, -0.2) is 19.3 Å². The van der Waals surface area contributed by atoms with Crippen LogP contribution in [0.5, 0.6) is 0 Å². The fraction of sp³-hybridized carbons (Fsp3) is 0.692. The SMILES string of the molecule is CCc1nn(C)c2c1nc(CCl)n2CCC1CC1. The van der Waals surface area contributed by atoms with Gasteiger partial charge in [0.2, 0.25) is 0 Å². The Morgan fingerprint density at radius 3 is 2.78 bits per heavy atom. The van der Waals surface area contributed by atoms with Gasteiger partial charge in [0, 0.05) is 13.6 Å². The van der Waals surface area contributed by atoms with E-state index in [1.807, 2.05) is 11.7 Å².